The van der Waals surface area contributed by atoms with Gasteiger partial charge < -0.3 is 10.6 Å². The number of aryl methyl sites for hydroxylation is 2. The SMILES string of the molecule is Cc1nn(C)c(N(C)c2ccc(F)cc2)c1C(N)=S. The van der Waals surface area contributed by atoms with Gasteiger partial charge >= 0.3 is 0 Å². The van der Waals surface area contributed by atoms with Crippen LogP contribution in [0.1, 0.15) is 11.3 Å². The van der Waals surface area contributed by atoms with E-state index in [1.165, 1.54) is 12.1 Å². The molecule has 0 unspecified atom stereocenters. The Morgan fingerprint density at radius 3 is 2.47 bits per heavy atom. The van der Waals surface area contributed by atoms with E-state index in [1.807, 2.05) is 25.9 Å². The molecule has 2 aromatic rings. The summed E-state index contributed by atoms with van der Waals surface area (Å²) in [5.41, 5.74) is 8.11. The van der Waals surface area contributed by atoms with Gasteiger partial charge in [-0.25, -0.2) is 4.39 Å². The number of anilines is 2. The second-order valence-corrected chi connectivity index (χ2v) is 4.75. The second-order valence-electron chi connectivity index (χ2n) is 4.31. The molecule has 19 heavy (non-hydrogen) atoms. The average Bonchev–Trinajstić information content (AvgIpc) is 2.64. The molecule has 0 bridgehead atoms. The molecule has 6 heteroatoms. The molecule has 2 rings (SSSR count). The van der Waals surface area contributed by atoms with Crippen LogP contribution in [0.4, 0.5) is 15.9 Å². The third-order valence-corrected chi connectivity index (χ3v) is 3.17. The number of nitrogens with zero attached hydrogens (tertiary/aromatic N) is 3. The molecule has 0 atom stereocenters. The van der Waals surface area contributed by atoms with Crippen LogP contribution in [0.25, 0.3) is 0 Å². The fourth-order valence-corrected chi connectivity index (χ4v) is 2.35. The molecular formula is C13H15FN4S. The summed E-state index contributed by atoms with van der Waals surface area (Å²) in [6, 6.07) is 6.22. The number of aromatic nitrogens is 2. The highest BCUT2D eigenvalue weighted by atomic mass is 32.1. The normalized spacial score (nSPS) is 10.5. The van der Waals surface area contributed by atoms with Crippen molar-refractivity contribution in [3.8, 4) is 0 Å². The van der Waals surface area contributed by atoms with E-state index in [0.717, 1.165) is 22.8 Å². The number of nitrogens with two attached hydrogens (primary N) is 1. The van der Waals surface area contributed by atoms with Crippen molar-refractivity contribution in [3.63, 3.8) is 0 Å². The quantitative estimate of drug-likeness (QED) is 0.875. The van der Waals surface area contributed by atoms with Gasteiger partial charge in [0, 0.05) is 19.8 Å². The van der Waals surface area contributed by atoms with Gasteiger partial charge in [-0.15, -0.1) is 0 Å². The Labute approximate surface area is 116 Å². The number of halogens is 1. The zero-order valence-corrected chi connectivity index (χ0v) is 11.8. The standard InChI is InChI=1S/C13H15FN4S/c1-8-11(12(15)19)13(18(3)16-8)17(2)10-6-4-9(14)5-7-10/h4-7H,1-3H3,(H2,15,19). The first-order valence-corrected chi connectivity index (χ1v) is 6.15. The highest BCUT2D eigenvalue weighted by molar-refractivity contribution is 7.80. The Bertz CT molecular complexity index is 618. The van der Waals surface area contributed by atoms with Crippen molar-refractivity contribution in [3.05, 3.63) is 41.3 Å². The van der Waals surface area contributed by atoms with E-state index in [0.29, 0.717) is 4.99 Å². The monoisotopic (exact) mass is 278 g/mol. The molecule has 0 amide bonds. The molecular weight excluding hydrogens is 263 g/mol. The lowest BCUT2D eigenvalue weighted by Crippen LogP contribution is -2.19. The lowest BCUT2D eigenvalue weighted by molar-refractivity contribution is 0.628. The minimum Gasteiger partial charge on any atom is -0.389 e. The van der Waals surface area contributed by atoms with Gasteiger partial charge in [0.25, 0.3) is 0 Å². The Kier molecular flexibility index (Phi) is 3.53. The third-order valence-electron chi connectivity index (χ3n) is 2.97. The van der Waals surface area contributed by atoms with Crippen molar-refractivity contribution in [2.75, 3.05) is 11.9 Å². The van der Waals surface area contributed by atoms with Crippen LogP contribution in [0.15, 0.2) is 24.3 Å². The first-order chi connectivity index (χ1) is 8.91. The van der Waals surface area contributed by atoms with Crippen molar-refractivity contribution < 1.29 is 4.39 Å². The predicted octanol–water partition coefficient (Wildman–Crippen LogP) is 2.27. The topological polar surface area (TPSA) is 47.1 Å². The third kappa shape index (κ3) is 2.44. The van der Waals surface area contributed by atoms with Gasteiger partial charge in [-0.3, -0.25) is 4.68 Å². The lowest BCUT2D eigenvalue weighted by atomic mass is 10.2. The molecule has 2 N–H and O–H groups in total. The molecule has 1 heterocycles. The van der Waals surface area contributed by atoms with Gasteiger partial charge in [0.1, 0.15) is 16.6 Å². The van der Waals surface area contributed by atoms with E-state index in [9.17, 15) is 4.39 Å². The van der Waals surface area contributed by atoms with Crippen molar-refractivity contribution in [2.45, 2.75) is 6.92 Å². The summed E-state index contributed by atoms with van der Waals surface area (Å²) in [5, 5.41) is 4.33. The molecule has 0 spiro atoms. The summed E-state index contributed by atoms with van der Waals surface area (Å²) in [6.45, 7) is 1.86. The van der Waals surface area contributed by atoms with Crippen LogP contribution < -0.4 is 10.6 Å². The number of rotatable bonds is 3. The number of hydrogen-bond donors (Lipinski definition) is 1. The molecule has 0 aliphatic carbocycles. The Morgan fingerprint density at radius 1 is 1.37 bits per heavy atom. The Morgan fingerprint density at radius 2 is 1.95 bits per heavy atom. The number of thiocarbonyl (C=S) groups is 1. The molecule has 0 aliphatic heterocycles. The summed E-state index contributed by atoms with van der Waals surface area (Å²) in [4.78, 5) is 2.18. The van der Waals surface area contributed by atoms with Gasteiger partial charge in [0.15, 0.2) is 0 Å². The maximum absolute atomic E-state index is 13.0. The smallest absolute Gasteiger partial charge is 0.141 e. The van der Waals surface area contributed by atoms with Crippen LogP contribution in [0.5, 0.6) is 0 Å². The summed E-state index contributed by atoms with van der Waals surface area (Å²) >= 11 is 5.08. The number of benzene rings is 1. The Balaban J connectivity index is 2.52. The first-order valence-electron chi connectivity index (χ1n) is 5.74. The van der Waals surface area contributed by atoms with Gasteiger partial charge in [-0.2, -0.15) is 5.10 Å². The van der Waals surface area contributed by atoms with E-state index in [-0.39, 0.29) is 5.82 Å². The molecule has 4 nitrogen and oxygen atoms in total. The maximum Gasteiger partial charge on any atom is 0.141 e. The zero-order chi connectivity index (χ0) is 14.2. The van der Waals surface area contributed by atoms with Crippen LogP contribution in [-0.4, -0.2) is 21.8 Å². The summed E-state index contributed by atoms with van der Waals surface area (Å²) < 4.78 is 14.7. The summed E-state index contributed by atoms with van der Waals surface area (Å²) in [7, 11) is 3.69. The highest BCUT2D eigenvalue weighted by Crippen LogP contribution is 2.28. The van der Waals surface area contributed by atoms with Crippen molar-refractivity contribution in [2.24, 2.45) is 12.8 Å². The van der Waals surface area contributed by atoms with Crippen molar-refractivity contribution in [1.82, 2.24) is 9.78 Å². The Hall–Kier alpha value is -1.95. The van der Waals surface area contributed by atoms with Gasteiger partial charge in [0.2, 0.25) is 0 Å². The fraction of sp³-hybridized carbons (Fsp3) is 0.231. The minimum atomic E-state index is -0.270. The maximum atomic E-state index is 13.0. The van der Waals surface area contributed by atoms with E-state index in [2.05, 4.69) is 5.10 Å². The van der Waals surface area contributed by atoms with Crippen molar-refractivity contribution in [1.29, 1.82) is 0 Å². The van der Waals surface area contributed by atoms with Crippen LogP contribution >= 0.6 is 12.2 Å². The van der Waals surface area contributed by atoms with Crippen molar-refractivity contribution >= 4 is 28.7 Å². The second kappa shape index (κ2) is 4.97. The molecule has 0 saturated carbocycles. The van der Waals surface area contributed by atoms with Crippen LogP contribution in [-0.2, 0) is 7.05 Å². The number of hydrogen-bond acceptors (Lipinski definition) is 3. The minimum absolute atomic E-state index is 0.270. The molecule has 1 aromatic carbocycles. The van der Waals surface area contributed by atoms with Crippen LogP contribution in [0.2, 0.25) is 0 Å². The van der Waals surface area contributed by atoms with E-state index in [1.54, 1.807) is 16.8 Å². The van der Waals surface area contributed by atoms with E-state index in [4.69, 9.17) is 18.0 Å². The molecule has 0 aliphatic rings. The van der Waals surface area contributed by atoms with Crippen LogP contribution in [0.3, 0.4) is 0 Å². The molecule has 100 valence electrons. The average molecular weight is 278 g/mol. The summed E-state index contributed by atoms with van der Waals surface area (Å²) in [6.07, 6.45) is 0. The van der Waals surface area contributed by atoms with E-state index >= 15 is 0 Å². The fourth-order valence-electron chi connectivity index (χ4n) is 2.11. The highest BCUT2D eigenvalue weighted by Gasteiger charge is 2.19. The van der Waals surface area contributed by atoms with Gasteiger partial charge in [-0.05, 0) is 31.2 Å². The largest absolute Gasteiger partial charge is 0.389 e. The molecule has 0 fully saturated rings. The molecule has 1 aromatic heterocycles. The molecule has 0 radical (unpaired) electrons. The zero-order valence-electron chi connectivity index (χ0n) is 11.0. The first kappa shape index (κ1) is 13.5. The van der Waals surface area contributed by atoms with E-state index < -0.39 is 0 Å². The predicted molar refractivity (Wildman–Crippen MR) is 78.3 cm³/mol. The lowest BCUT2D eigenvalue weighted by Gasteiger charge is -2.21. The van der Waals surface area contributed by atoms with Crippen LogP contribution in [0, 0.1) is 12.7 Å². The summed E-state index contributed by atoms with van der Waals surface area (Å²) in [5.74, 6) is 0.518. The van der Waals surface area contributed by atoms with Gasteiger partial charge in [0.05, 0.1) is 11.3 Å². The molecule has 0 saturated heterocycles. The van der Waals surface area contributed by atoms with Gasteiger partial charge in [-0.1, -0.05) is 12.2 Å².